The molecular formula is C20H20F3N3O3. The van der Waals surface area contributed by atoms with Crippen LogP contribution in [-0.2, 0) is 17.6 Å². The third-order valence-electron chi connectivity index (χ3n) is 4.15. The Hall–Kier alpha value is -3.10. The number of nitrogens with zero attached hydrogens (tertiary/aromatic N) is 2. The lowest BCUT2D eigenvalue weighted by molar-refractivity contribution is -0.153. The van der Waals surface area contributed by atoms with Crippen LogP contribution in [0.25, 0.3) is 11.1 Å². The molecule has 0 saturated carbocycles. The molecule has 2 aromatic heterocycles. The molecule has 0 radical (unpaired) electrons. The Morgan fingerprint density at radius 3 is 2.72 bits per heavy atom. The first-order valence-corrected chi connectivity index (χ1v) is 9.06. The van der Waals surface area contributed by atoms with E-state index in [1.807, 2.05) is 19.1 Å². The summed E-state index contributed by atoms with van der Waals surface area (Å²) in [5.74, 6) is 0.441. The molecule has 2 heterocycles. The lowest BCUT2D eigenvalue weighted by Crippen LogP contribution is -2.28. The Morgan fingerprint density at radius 1 is 1.28 bits per heavy atom. The van der Waals surface area contributed by atoms with Crippen molar-refractivity contribution in [1.29, 1.82) is 0 Å². The number of pyridine rings is 1. The number of hydrogen-bond donors (Lipinski definition) is 1. The van der Waals surface area contributed by atoms with E-state index in [0.717, 1.165) is 5.56 Å². The van der Waals surface area contributed by atoms with Crippen LogP contribution in [0.5, 0.6) is 5.75 Å². The van der Waals surface area contributed by atoms with Gasteiger partial charge in [0.25, 0.3) is 0 Å². The SMILES string of the molecule is CCc1nc2cc(CC(=O)N[C@H](C)c3ccc(OCC(F)(F)F)cn3)ccc2o1. The van der Waals surface area contributed by atoms with Gasteiger partial charge in [0.05, 0.1) is 24.4 Å². The fourth-order valence-corrected chi connectivity index (χ4v) is 2.73. The first kappa shape index (κ1) is 20.6. The van der Waals surface area contributed by atoms with Crippen molar-refractivity contribution in [3.8, 4) is 5.75 Å². The summed E-state index contributed by atoms with van der Waals surface area (Å²) in [4.78, 5) is 20.8. The van der Waals surface area contributed by atoms with Gasteiger partial charge in [-0.15, -0.1) is 0 Å². The molecule has 1 atom stereocenters. The molecule has 9 heteroatoms. The number of aromatic nitrogens is 2. The Balaban J connectivity index is 1.57. The third-order valence-corrected chi connectivity index (χ3v) is 4.15. The van der Waals surface area contributed by atoms with E-state index in [1.165, 1.54) is 18.3 Å². The summed E-state index contributed by atoms with van der Waals surface area (Å²) in [7, 11) is 0. The van der Waals surface area contributed by atoms with Crippen molar-refractivity contribution < 1.29 is 27.1 Å². The fraction of sp³-hybridized carbons (Fsp3) is 0.350. The van der Waals surface area contributed by atoms with Gasteiger partial charge in [0.15, 0.2) is 18.1 Å². The molecule has 0 fully saturated rings. The lowest BCUT2D eigenvalue weighted by atomic mass is 10.1. The average Bonchev–Trinajstić information content (AvgIpc) is 3.08. The zero-order chi connectivity index (χ0) is 21.0. The van der Waals surface area contributed by atoms with Crippen molar-refractivity contribution in [3.63, 3.8) is 0 Å². The molecule has 0 saturated heterocycles. The van der Waals surface area contributed by atoms with Crippen molar-refractivity contribution in [2.24, 2.45) is 0 Å². The van der Waals surface area contributed by atoms with Gasteiger partial charge in [0.2, 0.25) is 5.91 Å². The van der Waals surface area contributed by atoms with E-state index >= 15 is 0 Å². The molecule has 1 amide bonds. The molecule has 0 bridgehead atoms. The molecule has 0 spiro atoms. The van der Waals surface area contributed by atoms with Gasteiger partial charge in [0, 0.05) is 6.42 Å². The topological polar surface area (TPSA) is 77.2 Å². The number of ether oxygens (including phenoxy) is 1. The van der Waals surface area contributed by atoms with Crippen molar-refractivity contribution in [2.75, 3.05) is 6.61 Å². The van der Waals surface area contributed by atoms with Gasteiger partial charge in [-0.2, -0.15) is 13.2 Å². The molecule has 1 N–H and O–H groups in total. The summed E-state index contributed by atoms with van der Waals surface area (Å²) >= 11 is 0. The minimum Gasteiger partial charge on any atom is -0.483 e. The van der Waals surface area contributed by atoms with Crippen LogP contribution in [0.2, 0.25) is 0 Å². The predicted octanol–water partition coefficient (Wildman–Crippen LogP) is 4.15. The molecule has 0 aliphatic rings. The van der Waals surface area contributed by atoms with Crippen LogP contribution in [0.4, 0.5) is 13.2 Å². The number of alkyl halides is 3. The summed E-state index contributed by atoms with van der Waals surface area (Å²) in [5, 5.41) is 2.82. The number of rotatable bonds is 7. The number of carbonyl (C=O) groups excluding carboxylic acids is 1. The predicted molar refractivity (Wildman–Crippen MR) is 99.4 cm³/mol. The number of hydrogen-bond acceptors (Lipinski definition) is 5. The van der Waals surface area contributed by atoms with E-state index in [1.54, 1.807) is 13.0 Å². The second kappa shape index (κ2) is 8.50. The summed E-state index contributed by atoms with van der Waals surface area (Å²) < 4.78 is 46.7. The van der Waals surface area contributed by atoms with Gasteiger partial charge >= 0.3 is 6.18 Å². The maximum absolute atomic E-state index is 12.3. The van der Waals surface area contributed by atoms with E-state index in [-0.39, 0.29) is 18.1 Å². The highest BCUT2D eigenvalue weighted by Gasteiger charge is 2.28. The van der Waals surface area contributed by atoms with Crippen LogP contribution in [0.3, 0.4) is 0 Å². The average molecular weight is 407 g/mol. The van der Waals surface area contributed by atoms with Gasteiger partial charge in [-0.25, -0.2) is 4.98 Å². The highest BCUT2D eigenvalue weighted by Crippen LogP contribution is 2.20. The fourth-order valence-electron chi connectivity index (χ4n) is 2.73. The molecule has 1 aromatic carbocycles. The molecule has 0 unspecified atom stereocenters. The number of halogens is 3. The number of fused-ring (bicyclic) bond motifs is 1. The second-order valence-electron chi connectivity index (χ2n) is 6.55. The molecule has 0 aliphatic heterocycles. The highest BCUT2D eigenvalue weighted by atomic mass is 19.4. The Labute approximate surface area is 165 Å². The Morgan fingerprint density at radius 2 is 2.07 bits per heavy atom. The summed E-state index contributed by atoms with van der Waals surface area (Å²) in [6.45, 7) is 2.31. The van der Waals surface area contributed by atoms with E-state index in [9.17, 15) is 18.0 Å². The standard InChI is InChI=1S/C20H20F3N3O3/c1-3-19-26-16-8-13(4-7-17(16)29-19)9-18(27)25-12(2)15-6-5-14(10-24-15)28-11-20(21,22)23/h4-8,10,12H,3,9,11H2,1-2H3,(H,25,27)/t12-/m1/s1. The molecule has 154 valence electrons. The van der Waals surface area contributed by atoms with Gasteiger partial charge in [-0.1, -0.05) is 13.0 Å². The monoisotopic (exact) mass is 407 g/mol. The molecule has 0 aliphatic carbocycles. The minimum atomic E-state index is -4.41. The van der Waals surface area contributed by atoms with E-state index in [0.29, 0.717) is 29.1 Å². The number of benzene rings is 1. The smallest absolute Gasteiger partial charge is 0.422 e. The number of amides is 1. The van der Waals surface area contributed by atoms with Crippen LogP contribution in [0, 0.1) is 0 Å². The van der Waals surface area contributed by atoms with Crippen molar-refractivity contribution in [2.45, 2.75) is 38.9 Å². The van der Waals surface area contributed by atoms with E-state index < -0.39 is 18.8 Å². The van der Waals surface area contributed by atoms with Crippen LogP contribution in [0.15, 0.2) is 40.9 Å². The molecular weight excluding hydrogens is 387 g/mol. The second-order valence-corrected chi connectivity index (χ2v) is 6.55. The lowest BCUT2D eigenvalue weighted by Gasteiger charge is -2.14. The number of oxazole rings is 1. The quantitative estimate of drug-likeness (QED) is 0.637. The van der Waals surface area contributed by atoms with Crippen LogP contribution in [0.1, 0.15) is 37.0 Å². The van der Waals surface area contributed by atoms with Crippen molar-refractivity contribution >= 4 is 17.0 Å². The van der Waals surface area contributed by atoms with Crippen molar-refractivity contribution in [1.82, 2.24) is 15.3 Å². The maximum atomic E-state index is 12.3. The zero-order valence-electron chi connectivity index (χ0n) is 15.9. The first-order chi connectivity index (χ1) is 13.7. The normalized spacial score (nSPS) is 12.7. The highest BCUT2D eigenvalue weighted by molar-refractivity contribution is 5.81. The summed E-state index contributed by atoms with van der Waals surface area (Å²) in [6.07, 6.45) is -2.36. The summed E-state index contributed by atoms with van der Waals surface area (Å²) in [5.41, 5.74) is 2.69. The van der Waals surface area contributed by atoms with Gasteiger partial charge in [0.1, 0.15) is 11.3 Å². The largest absolute Gasteiger partial charge is 0.483 e. The van der Waals surface area contributed by atoms with Crippen LogP contribution >= 0.6 is 0 Å². The molecule has 3 rings (SSSR count). The first-order valence-electron chi connectivity index (χ1n) is 9.06. The summed E-state index contributed by atoms with van der Waals surface area (Å²) in [6, 6.07) is 7.90. The third kappa shape index (κ3) is 5.69. The van der Waals surface area contributed by atoms with Gasteiger partial charge in [-0.05, 0) is 36.8 Å². The van der Waals surface area contributed by atoms with E-state index in [4.69, 9.17) is 4.42 Å². The number of carbonyl (C=O) groups is 1. The Kier molecular flexibility index (Phi) is 6.05. The van der Waals surface area contributed by atoms with Crippen molar-refractivity contribution in [3.05, 3.63) is 53.7 Å². The number of aryl methyl sites for hydroxylation is 1. The molecule has 29 heavy (non-hydrogen) atoms. The van der Waals surface area contributed by atoms with E-state index in [2.05, 4.69) is 20.0 Å². The van der Waals surface area contributed by atoms with Gasteiger partial charge < -0.3 is 14.5 Å². The zero-order valence-corrected chi connectivity index (χ0v) is 15.9. The maximum Gasteiger partial charge on any atom is 0.422 e. The van der Waals surface area contributed by atoms with Crippen LogP contribution in [-0.4, -0.2) is 28.7 Å². The number of nitrogens with one attached hydrogen (secondary N) is 1. The van der Waals surface area contributed by atoms with Crippen LogP contribution < -0.4 is 10.1 Å². The molecule has 3 aromatic rings. The Bertz CT molecular complexity index is 984. The minimum absolute atomic E-state index is 0.0111. The molecule has 6 nitrogen and oxygen atoms in total. The van der Waals surface area contributed by atoms with Gasteiger partial charge in [-0.3, -0.25) is 9.78 Å².